The molecule has 0 aliphatic rings. The third kappa shape index (κ3) is 3.07. The van der Waals surface area contributed by atoms with Crippen LogP contribution in [-0.4, -0.2) is 10.9 Å². The molecule has 1 amide bonds. The number of carbonyl (C=O) groups excluding carboxylic acids is 1. The van der Waals surface area contributed by atoms with Crippen LogP contribution in [-0.2, 0) is 11.2 Å². The van der Waals surface area contributed by atoms with Crippen molar-refractivity contribution >= 4 is 28.4 Å². The lowest BCUT2D eigenvalue weighted by Gasteiger charge is -2.08. The van der Waals surface area contributed by atoms with Gasteiger partial charge in [-0.05, 0) is 36.8 Å². The molecule has 3 N–H and O–H groups in total. The summed E-state index contributed by atoms with van der Waals surface area (Å²) in [5.41, 5.74) is 7.03. The van der Waals surface area contributed by atoms with Crippen LogP contribution in [0.1, 0.15) is 12.1 Å². The van der Waals surface area contributed by atoms with E-state index >= 15 is 0 Å². The summed E-state index contributed by atoms with van der Waals surface area (Å²) in [5, 5.41) is 1.42. The van der Waals surface area contributed by atoms with Gasteiger partial charge in [-0.1, -0.05) is 29.8 Å². The third-order valence-corrected chi connectivity index (χ3v) is 3.66. The SMILES string of the molecule is NC(=O)CCc1cc2c(Oc3ccccc3)c(Cl)ccc2[nH]1. The number of fused-ring (bicyclic) bond motifs is 1. The van der Waals surface area contributed by atoms with Crippen molar-refractivity contribution in [1.29, 1.82) is 0 Å². The lowest BCUT2D eigenvalue weighted by Crippen LogP contribution is -2.11. The molecule has 2 aromatic carbocycles. The first-order valence-electron chi connectivity index (χ1n) is 6.95. The predicted molar refractivity (Wildman–Crippen MR) is 87.3 cm³/mol. The average molecular weight is 315 g/mol. The zero-order valence-electron chi connectivity index (χ0n) is 11.8. The van der Waals surface area contributed by atoms with E-state index in [0.29, 0.717) is 23.6 Å². The summed E-state index contributed by atoms with van der Waals surface area (Å²) in [4.78, 5) is 14.2. The van der Waals surface area contributed by atoms with E-state index in [-0.39, 0.29) is 5.91 Å². The Morgan fingerprint density at radius 3 is 2.68 bits per heavy atom. The minimum absolute atomic E-state index is 0.301. The number of primary amides is 1. The van der Waals surface area contributed by atoms with Crippen molar-refractivity contribution in [3.8, 4) is 11.5 Å². The van der Waals surface area contributed by atoms with Crippen molar-refractivity contribution in [2.75, 3.05) is 0 Å². The number of nitrogens with one attached hydrogen (secondary N) is 1. The van der Waals surface area contributed by atoms with Crippen molar-refractivity contribution in [3.63, 3.8) is 0 Å². The van der Waals surface area contributed by atoms with E-state index in [4.69, 9.17) is 22.1 Å². The van der Waals surface area contributed by atoms with Crippen LogP contribution >= 0.6 is 11.6 Å². The van der Waals surface area contributed by atoms with Crippen molar-refractivity contribution in [3.05, 3.63) is 59.2 Å². The molecule has 1 aromatic heterocycles. The Labute approximate surface area is 132 Å². The van der Waals surface area contributed by atoms with E-state index in [9.17, 15) is 4.79 Å². The average Bonchev–Trinajstić information content (AvgIpc) is 2.93. The Balaban J connectivity index is 1.97. The van der Waals surface area contributed by atoms with E-state index in [0.717, 1.165) is 22.3 Å². The van der Waals surface area contributed by atoms with Crippen LogP contribution in [0.3, 0.4) is 0 Å². The van der Waals surface area contributed by atoms with Crippen LogP contribution < -0.4 is 10.5 Å². The fourth-order valence-corrected chi connectivity index (χ4v) is 2.51. The van der Waals surface area contributed by atoms with Gasteiger partial charge in [0.05, 0.1) is 5.02 Å². The molecule has 0 atom stereocenters. The smallest absolute Gasteiger partial charge is 0.217 e. The Hall–Kier alpha value is -2.46. The van der Waals surface area contributed by atoms with Crippen molar-refractivity contribution < 1.29 is 9.53 Å². The standard InChI is InChI=1S/C17H15ClN2O2/c18-14-7-8-15-13(10-11(20-15)6-9-16(19)21)17(14)22-12-4-2-1-3-5-12/h1-5,7-8,10,20H,6,9H2,(H2,19,21). The summed E-state index contributed by atoms with van der Waals surface area (Å²) in [6.45, 7) is 0. The molecule has 112 valence electrons. The highest BCUT2D eigenvalue weighted by molar-refractivity contribution is 6.33. The van der Waals surface area contributed by atoms with Gasteiger partial charge in [-0.15, -0.1) is 0 Å². The molecule has 5 heteroatoms. The van der Waals surface area contributed by atoms with Crippen molar-refractivity contribution in [1.82, 2.24) is 4.98 Å². The monoisotopic (exact) mass is 314 g/mol. The number of ether oxygens (including phenoxy) is 1. The molecule has 0 saturated heterocycles. The van der Waals surface area contributed by atoms with Gasteiger partial charge >= 0.3 is 0 Å². The number of hydrogen-bond acceptors (Lipinski definition) is 2. The zero-order chi connectivity index (χ0) is 15.5. The Morgan fingerprint density at radius 2 is 1.95 bits per heavy atom. The Bertz CT molecular complexity index is 812. The molecule has 4 nitrogen and oxygen atoms in total. The second-order valence-corrected chi connectivity index (χ2v) is 5.42. The first-order chi connectivity index (χ1) is 10.6. The molecule has 0 radical (unpaired) electrons. The number of aromatic amines is 1. The maximum absolute atomic E-state index is 10.9. The quantitative estimate of drug-likeness (QED) is 0.746. The van der Waals surface area contributed by atoms with Gasteiger partial charge in [-0.25, -0.2) is 0 Å². The van der Waals surface area contributed by atoms with E-state index < -0.39 is 0 Å². The molecule has 3 rings (SSSR count). The molecule has 0 bridgehead atoms. The van der Waals surface area contributed by atoms with Crippen LogP contribution in [0.2, 0.25) is 5.02 Å². The van der Waals surface area contributed by atoms with Crippen LogP contribution in [0.4, 0.5) is 0 Å². The second kappa shape index (κ2) is 6.12. The number of amides is 1. The third-order valence-electron chi connectivity index (χ3n) is 3.37. The van der Waals surface area contributed by atoms with Crippen molar-refractivity contribution in [2.24, 2.45) is 5.73 Å². The van der Waals surface area contributed by atoms with Gasteiger partial charge < -0.3 is 15.5 Å². The zero-order valence-corrected chi connectivity index (χ0v) is 12.6. The number of rotatable bonds is 5. The van der Waals surface area contributed by atoms with E-state index in [1.54, 1.807) is 6.07 Å². The summed E-state index contributed by atoms with van der Waals surface area (Å²) < 4.78 is 5.92. The van der Waals surface area contributed by atoms with Crippen molar-refractivity contribution in [2.45, 2.75) is 12.8 Å². The van der Waals surface area contributed by atoms with Crippen LogP contribution in [0.5, 0.6) is 11.5 Å². The minimum atomic E-state index is -0.322. The lowest BCUT2D eigenvalue weighted by atomic mass is 10.2. The predicted octanol–water partition coefficient (Wildman–Crippen LogP) is 4.03. The van der Waals surface area contributed by atoms with Gasteiger partial charge in [-0.2, -0.15) is 0 Å². The molecule has 22 heavy (non-hydrogen) atoms. The molecule has 1 heterocycles. The van der Waals surface area contributed by atoms with Gasteiger partial charge in [0, 0.05) is 23.0 Å². The van der Waals surface area contributed by atoms with E-state index in [1.165, 1.54) is 0 Å². The number of nitrogens with two attached hydrogens (primary N) is 1. The van der Waals surface area contributed by atoms with Crippen LogP contribution in [0.15, 0.2) is 48.5 Å². The molecule has 0 fully saturated rings. The number of hydrogen-bond donors (Lipinski definition) is 2. The number of para-hydroxylation sites is 1. The number of aryl methyl sites for hydroxylation is 1. The van der Waals surface area contributed by atoms with Gasteiger partial charge in [0.1, 0.15) is 5.75 Å². The fraction of sp³-hybridized carbons (Fsp3) is 0.118. The first-order valence-corrected chi connectivity index (χ1v) is 7.32. The number of H-pyrrole nitrogens is 1. The summed E-state index contributed by atoms with van der Waals surface area (Å²) >= 11 is 6.28. The first kappa shape index (κ1) is 14.5. The summed E-state index contributed by atoms with van der Waals surface area (Å²) in [6, 6.07) is 15.1. The summed E-state index contributed by atoms with van der Waals surface area (Å²) in [5.74, 6) is 1.00. The Morgan fingerprint density at radius 1 is 1.18 bits per heavy atom. The Kier molecular flexibility index (Phi) is 4.02. The number of carbonyl (C=O) groups is 1. The highest BCUT2D eigenvalue weighted by Gasteiger charge is 2.12. The topological polar surface area (TPSA) is 68.1 Å². The van der Waals surface area contributed by atoms with Gasteiger partial charge in [-0.3, -0.25) is 4.79 Å². The fourth-order valence-electron chi connectivity index (χ4n) is 2.31. The second-order valence-electron chi connectivity index (χ2n) is 5.01. The summed E-state index contributed by atoms with van der Waals surface area (Å²) in [7, 11) is 0. The normalized spacial score (nSPS) is 10.8. The van der Waals surface area contributed by atoms with Gasteiger partial charge in [0.15, 0.2) is 5.75 Å². The molecule has 0 saturated carbocycles. The molecule has 0 unspecified atom stereocenters. The van der Waals surface area contributed by atoms with E-state index in [1.807, 2.05) is 42.5 Å². The number of benzene rings is 2. The molecular weight excluding hydrogens is 300 g/mol. The number of halogens is 1. The summed E-state index contributed by atoms with van der Waals surface area (Å²) in [6.07, 6.45) is 0.863. The van der Waals surface area contributed by atoms with Gasteiger partial charge in [0.25, 0.3) is 0 Å². The highest BCUT2D eigenvalue weighted by atomic mass is 35.5. The highest BCUT2D eigenvalue weighted by Crippen LogP contribution is 2.37. The largest absolute Gasteiger partial charge is 0.455 e. The molecular formula is C17H15ClN2O2. The molecule has 0 aliphatic heterocycles. The molecule has 0 aliphatic carbocycles. The molecule has 3 aromatic rings. The maximum Gasteiger partial charge on any atom is 0.217 e. The molecule has 0 spiro atoms. The van der Waals surface area contributed by atoms with Crippen LogP contribution in [0.25, 0.3) is 10.9 Å². The van der Waals surface area contributed by atoms with E-state index in [2.05, 4.69) is 4.98 Å². The maximum atomic E-state index is 10.9. The van der Waals surface area contributed by atoms with Crippen LogP contribution in [0, 0.1) is 0 Å². The number of aromatic nitrogens is 1. The lowest BCUT2D eigenvalue weighted by molar-refractivity contribution is -0.118. The minimum Gasteiger partial charge on any atom is -0.455 e. The van der Waals surface area contributed by atoms with Gasteiger partial charge in [0.2, 0.25) is 5.91 Å².